The average molecular weight is 435 g/mol. The molecule has 4 aromatic rings. The van der Waals surface area contributed by atoms with Gasteiger partial charge in [-0.2, -0.15) is 0 Å². The maximum Gasteiger partial charge on any atom is 0.266 e. The average Bonchev–Trinajstić information content (AvgIpc) is 2.70. The summed E-state index contributed by atoms with van der Waals surface area (Å²) in [4.78, 5) is 17.7. The zero-order valence-corrected chi connectivity index (χ0v) is 16.2. The minimum Gasteiger partial charge on any atom is -0.507 e. The van der Waals surface area contributed by atoms with E-state index in [0.29, 0.717) is 28.0 Å². The van der Waals surface area contributed by atoms with Crippen molar-refractivity contribution in [2.45, 2.75) is 0 Å². The fourth-order valence-corrected chi connectivity index (χ4v) is 3.35. The molecule has 0 amide bonds. The number of rotatable bonds is 3. The van der Waals surface area contributed by atoms with Crippen LogP contribution < -0.4 is 5.56 Å². The maximum absolute atomic E-state index is 13.2. The van der Waals surface area contributed by atoms with Gasteiger partial charge in [-0.1, -0.05) is 40.2 Å². The monoisotopic (exact) mass is 434 g/mol. The van der Waals surface area contributed by atoms with Crippen molar-refractivity contribution in [1.82, 2.24) is 9.55 Å². The predicted octanol–water partition coefficient (Wildman–Crippen LogP) is 4.73. The zero-order chi connectivity index (χ0) is 19.7. The molecule has 2 N–H and O–H groups in total. The van der Waals surface area contributed by atoms with Crippen molar-refractivity contribution in [3.8, 4) is 17.2 Å². The van der Waals surface area contributed by atoms with Gasteiger partial charge in [-0.15, -0.1) is 0 Å². The first-order valence-electron chi connectivity index (χ1n) is 8.51. The van der Waals surface area contributed by atoms with Gasteiger partial charge in [0.15, 0.2) is 0 Å². The van der Waals surface area contributed by atoms with E-state index in [-0.39, 0.29) is 17.1 Å². The van der Waals surface area contributed by atoms with E-state index in [1.807, 2.05) is 6.07 Å². The number of fused-ring (bicyclic) bond motifs is 1. The maximum atomic E-state index is 13.2. The molecule has 0 spiro atoms. The standard InChI is InChI=1S/C22H15BrN2O3/c23-15-10-11-19(26)14(13-15)9-12-21-24-17-6-2-1-5-16(17)22(28)25(21)18-7-3-4-8-20(18)27/h1-13,26-27H/b12-9+. The van der Waals surface area contributed by atoms with E-state index in [0.717, 1.165) is 4.47 Å². The van der Waals surface area contributed by atoms with Gasteiger partial charge in [0.05, 0.1) is 16.6 Å². The molecule has 0 aliphatic carbocycles. The molecule has 138 valence electrons. The highest BCUT2D eigenvalue weighted by Gasteiger charge is 2.13. The molecular formula is C22H15BrN2O3. The van der Waals surface area contributed by atoms with Crippen molar-refractivity contribution < 1.29 is 10.2 Å². The van der Waals surface area contributed by atoms with E-state index in [9.17, 15) is 15.0 Å². The van der Waals surface area contributed by atoms with Gasteiger partial charge in [0.1, 0.15) is 17.3 Å². The first kappa shape index (κ1) is 18.0. The molecule has 0 unspecified atom stereocenters. The summed E-state index contributed by atoms with van der Waals surface area (Å²) in [6, 6.07) is 18.7. The highest BCUT2D eigenvalue weighted by Crippen LogP contribution is 2.25. The number of para-hydroxylation sites is 3. The molecule has 6 heteroatoms. The minimum atomic E-state index is -0.287. The first-order chi connectivity index (χ1) is 13.5. The van der Waals surface area contributed by atoms with Crippen LogP contribution in [0.15, 0.2) is 76.0 Å². The molecule has 1 heterocycles. The van der Waals surface area contributed by atoms with Gasteiger partial charge in [-0.05, 0) is 54.6 Å². The van der Waals surface area contributed by atoms with E-state index in [2.05, 4.69) is 20.9 Å². The summed E-state index contributed by atoms with van der Waals surface area (Å²) in [6.45, 7) is 0. The van der Waals surface area contributed by atoms with Crippen molar-refractivity contribution in [2.24, 2.45) is 0 Å². The van der Waals surface area contributed by atoms with Gasteiger partial charge in [0, 0.05) is 10.0 Å². The molecule has 28 heavy (non-hydrogen) atoms. The summed E-state index contributed by atoms with van der Waals surface area (Å²) >= 11 is 3.38. The third-order valence-corrected chi connectivity index (χ3v) is 4.82. The number of nitrogens with zero attached hydrogens (tertiary/aromatic N) is 2. The van der Waals surface area contributed by atoms with Crippen LogP contribution >= 0.6 is 15.9 Å². The Morgan fingerprint density at radius 1 is 0.893 bits per heavy atom. The molecule has 3 aromatic carbocycles. The van der Waals surface area contributed by atoms with Crippen LogP contribution in [0.25, 0.3) is 28.7 Å². The van der Waals surface area contributed by atoms with Crippen LogP contribution in [0.5, 0.6) is 11.5 Å². The third-order valence-electron chi connectivity index (χ3n) is 4.33. The van der Waals surface area contributed by atoms with Crippen LogP contribution in [0.1, 0.15) is 11.4 Å². The highest BCUT2D eigenvalue weighted by atomic mass is 79.9. The minimum absolute atomic E-state index is 0.0263. The second kappa shape index (κ2) is 7.32. The van der Waals surface area contributed by atoms with Gasteiger partial charge in [0.25, 0.3) is 5.56 Å². The Labute approximate surface area is 169 Å². The van der Waals surface area contributed by atoms with Crippen LogP contribution in [-0.2, 0) is 0 Å². The number of phenols is 2. The molecule has 0 fully saturated rings. The Kier molecular flexibility index (Phi) is 4.71. The molecular weight excluding hydrogens is 420 g/mol. The molecule has 5 nitrogen and oxygen atoms in total. The molecule has 0 bridgehead atoms. The lowest BCUT2D eigenvalue weighted by atomic mass is 10.1. The van der Waals surface area contributed by atoms with Gasteiger partial charge in [-0.25, -0.2) is 4.98 Å². The molecule has 0 saturated heterocycles. The predicted molar refractivity (Wildman–Crippen MR) is 114 cm³/mol. The number of aromatic hydroxyl groups is 2. The quantitative estimate of drug-likeness (QED) is 0.488. The number of hydrogen-bond donors (Lipinski definition) is 2. The first-order valence-corrected chi connectivity index (χ1v) is 9.30. The Morgan fingerprint density at radius 3 is 2.46 bits per heavy atom. The second-order valence-corrected chi connectivity index (χ2v) is 7.07. The van der Waals surface area contributed by atoms with Crippen LogP contribution in [0.4, 0.5) is 0 Å². The third kappa shape index (κ3) is 3.30. The van der Waals surface area contributed by atoms with Crippen LogP contribution in [0, 0.1) is 0 Å². The summed E-state index contributed by atoms with van der Waals surface area (Å²) in [5, 5.41) is 20.8. The fraction of sp³-hybridized carbons (Fsp3) is 0. The molecule has 4 rings (SSSR count). The summed E-state index contributed by atoms with van der Waals surface area (Å²) in [5.41, 5.74) is 1.17. The molecule has 0 saturated carbocycles. The fourth-order valence-electron chi connectivity index (χ4n) is 2.97. The number of phenolic OH excluding ortho intramolecular Hbond substituents is 2. The Balaban J connectivity index is 1.98. The van der Waals surface area contributed by atoms with Crippen molar-refractivity contribution in [3.63, 3.8) is 0 Å². The largest absolute Gasteiger partial charge is 0.507 e. The zero-order valence-electron chi connectivity index (χ0n) is 14.6. The summed E-state index contributed by atoms with van der Waals surface area (Å²) in [7, 11) is 0. The normalized spacial score (nSPS) is 11.3. The molecule has 0 aliphatic rings. The highest BCUT2D eigenvalue weighted by molar-refractivity contribution is 9.10. The molecule has 0 aliphatic heterocycles. The van der Waals surface area contributed by atoms with Crippen molar-refractivity contribution in [2.75, 3.05) is 0 Å². The summed E-state index contributed by atoms with van der Waals surface area (Å²) in [5.74, 6) is 0.419. The Morgan fingerprint density at radius 2 is 1.64 bits per heavy atom. The van der Waals surface area contributed by atoms with Gasteiger partial charge < -0.3 is 10.2 Å². The van der Waals surface area contributed by atoms with E-state index >= 15 is 0 Å². The van der Waals surface area contributed by atoms with E-state index in [1.54, 1.807) is 66.7 Å². The number of benzene rings is 3. The summed E-state index contributed by atoms with van der Waals surface area (Å²) < 4.78 is 2.18. The molecule has 0 atom stereocenters. The van der Waals surface area contributed by atoms with Gasteiger partial charge in [-0.3, -0.25) is 9.36 Å². The van der Waals surface area contributed by atoms with Crippen LogP contribution in [-0.4, -0.2) is 19.8 Å². The number of halogens is 1. The van der Waals surface area contributed by atoms with Crippen molar-refractivity contribution in [1.29, 1.82) is 0 Å². The van der Waals surface area contributed by atoms with E-state index in [4.69, 9.17) is 0 Å². The Hall–Kier alpha value is -3.38. The lowest BCUT2D eigenvalue weighted by molar-refractivity contribution is 0.471. The number of aromatic nitrogens is 2. The van der Waals surface area contributed by atoms with Crippen LogP contribution in [0.3, 0.4) is 0 Å². The molecule has 0 radical (unpaired) electrons. The van der Waals surface area contributed by atoms with Gasteiger partial charge >= 0.3 is 0 Å². The van der Waals surface area contributed by atoms with Crippen molar-refractivity contribution in [3.05, 3.63) is 92.9 Å². The lowest BCUT2D eigenvalue weighted by Gasteiger charge is -2.12. The van der Waals surface area contributed by atoms with Crippen LogP contribution in [0.2, 0.25) is 0 Å². The molecule has 1 aromatic heterocycles. The topological polar surface area (TPSA) is 75.3 Å². The summed E-state index contributed by atoms with van der Waals surface area (Å²) in [6.07, 6.45) is 3.31. The smallest absolute Gasteiger partial charge is 0.266 e. The second-order valence-electron chi connectivity index (χ2n) is 6.15. The van der Waals surface area contributed by atoms with Crippen molar-refractivity contribution >= 4 is 39.0 Å². The van der Waals surface area contributed by atoms with Gasteiger partial charge in [0.2, 0.25) is 0 Å². The lowest BCUT2D eigenvalue weighted by Crippen LogP contribution is -2.22. The van der Waals surface area contributed by atoms with E-state index in [1.165, 1.54) is 10.6 Å². The van der Waals surface area contributed by atoms with E-state index < -0.39 is 0 Å². The number of hydrogen-bond acceptors (Lipinski definition) is 4. The SMILES string of the molecule is O=c1c2ccccc2nc(/C=C/c2cc(Br)ccc2O)n1-c1ccccc1O. The Bertz CT molecular complexity index is 1280.